The first-order valence-electron chi connectivity index (χ1n) is 5.01. The van der Waals surface area contributed by atoms with Crippen molar-refractivity contribution in [3.63, 3.8) is 0 Å². The van der Waals surface area contributed by atoms with Crippen LogP contribution >= 0.6 is 0 Å². The molecule has 0 spiro atoms. The Morgan fingerprint density at radius 1 is 1.46 bits per heavy atom. The zero-order chi connectivity index (χ0) is 9.52. The molecule has 0 aromatic carbocycles. The molecule has 1 saturated heterocycles. The highest BCUT2D eigenvalue weighted by Crippen LogP contribution is 2.05. The monoisotopic (exact) mass is 188 g/mol. The molecule has 0 aliphatic carbocycles. The van der Waals surface area contributed by atoms with Crippen LogP contribution in [0.4, 0.5) is 0 Å². The fourth-order valence-corrected chi connectivity index (χ4v) is 1.57. The second-order valence-corrected chi connectivity index (χ2v) is 3.46. The molecule has 0 bridgehead atoms. The summed E-state index contributed by atoms with van der Waals surface area (Å²) in [5.74, 6) is 0. The van der Waals surface area contributed by atoms with Crippen LogP contribution in [0.2, 0.25) is 0 Å². The van der Waals surface area contributed by atoms with Crippen LogP contribution in [0.5, 0.6) is 0 Å². The second kappa shape index (κ2) is 6.32. The van der Waals surface area contributed by atoms with Crippen LogP contribution < -0.4 is 5.73 Å². The lowest BCUT2D eigenvalue weighted by molar-refractivity contribution is -0.0237. The van der Waals surface area contributed by atoms with Gasteiger partial charge in [0.1, 0.15) is 0 Å². The molecule has 1 rings (SSSR count). The molecule has 3 N–H and O–H groups in total. The van der Waals surface area contributed by atoms with Crippen molar-refractivity contribution in [1.82, 2.24) is 4.90 Å². The van der Waals surface area contributed by atoms with Gasteiger partial charge in [-0.1, -0.05) is 0 Å². The van der Waals surface area contributed by atoms with E-state index < -0.39 is 0 Å². The lowest BCUT2D eigenvalue weighted by Gasteiger charge is -2.32. The smallest absolute Gasteiger partial charge is 0.0824 e. The molecular formula is C9H20N2O2. The average Bonchev–Trinajstić information content (AvgIpc) is 2.19. The van der Waals surface area contributed by atoms with Gasteiger partial charge in [-0.2, -0.15) is 0 Å². The first-order valence-corrected chi connectivity index (χ1v) is 5.01. The molecule has 1 aliphatic rings. The van der Waals surface area contributed by atoms with E-state index in [1.807, 2.05) is 0 Å². The molecule has 0 amide bonds. The van der Waals surface area contributed by atoms with E-state index in [4.69, 9.17) is 15.6 Å². The minimum absolute atomic E-state index is 0.211. The number of hydrogen-bond acceptors (Lipinski definition) is 4. The summed E-state index contributed by atoms with van der Waals surface area (Å²) in [6.07, 6.45) is 2.17. The zero-order valence-electron chi connectivity index (χ0n) is 8.11. The number of aliphatic hydroxyl groups is 1. The van der Waals surface area contributed by atoms with Crippen LogP contribution in [0.1, 0.15) is 12.8 Å². The number of nitrogens with zero attached hydrogens (tertiary/aromatic N) is 1. The number of rotatable bonds is 5. The Bertz CT molecular complexity index is 133. The average molecular weight is 188 g/mol. The standard InChI is InChI=1S/C9H20N2O2/c10-7-9-8-11(4-6-13-9)3-1-2-5-12/h9,12H,1-8,10H2. The van der Waals surface area contributed by atoms with E-state index in [0.717, 1.165) is 39.1 Å². The molecule has 1 fully saturated rings. The third-order valence-electron chi connectivity index (χ3n) is 2.37. The van der Waals surface area contributed by atoms with Crippen molar-refractivity contribution in [3.8, 4) is 0 Å². The maximum absolute atomic E-state index is 8.63. The number of morpholine rings is 1. The Morgan fingerprint density at radius 2 is 2.31 bits per heavy atom. The molecule has 4 heteroatoms. The molecular weight excluding hydrogens is 168 g/mol. The molecule has 0 saturated carbocycles. The lowest BCUT2D eigenvalue weighted by atomic mass is 10.2. The normalized spacial score (nSPS) is 24.9. The van der Waals surface area contributed by atoms with Crippen LogP contribution in [-0.4, -0.2) is 55.5 Å². The summed E-state index contributed by atoms with van der Waals surface area (Å²) in [5.41, 5.74) is 5.53. The van der Waals surface area contributed by atoms with Gasteiger partial charge in [-0.25, -0.2) is 0 Å². The van der Waals surface area contributed by atoms with Crippen molar-refractivity contribution in [1.29, 1.82) is 0 Å². The number of unbranched alkanes of at least 4 members (excludes halogenated alkanes) is 1. The fourth-order valence-electron chi connectivity index (χ4n) is 1.57. The van der Waals surface area contributed by atoms with Crippen LogP contribution in [0.25, 0.3) is 0 Å². The van der Waals surface area contributed by atoms with Crippen LogP contribution in [0, 0.1) is 0 Å². The summed E-state index contributed by atoms with van der Waals surface area (Å²) in [5, 5.41) is 8.63. The van der Waals surface area contributed by atoms with Crippen molar-refractivity contribution >= 4 is 0 Å². The van der Waals surface area contributed by atoms with Gasteiger partial charge in [0.15, 0.2) is 0 Å². The molecule has 0 aromatic heterocycles. The molecule has 0 radical (unpaired) electrons. The summed E-state index contributed by atoms with van der Waals surface area (Å²) in [4.78, 5) is 2.36. The summed E-state index contributed by atoms with van der Waals surface area (Å²) < 4.78 is 5.45. The highest BCUT2D eigenvalue weighted by atomic mass is 16.5. The number of aliphatic hydroxyl groups excluding tert-OH is 1. The van der Waals surface area contributed by atoms with Crippen LogP contribution in [0.15, 0.2) is 0 Å². The van der Waals surface area contributed by atoms with E-state index in [1.165, 1.54) is 0 Å². The number of hydrogen-bond donors (Lipinski definition) is 2. The Morgan fingerprint density at radius 3 is 3.00 bits per heavy atom. The van der Waals surface area contributed by atoms with Gasteiger partial charge in [0.25, 0.3) is 0 Å². The van der Waals surface area contributed by atoms with Gasteiger partial charge >= 0.3 is 0 Å². The van der Waals surface area contributed by atoms with E-state index in [2.05, 4.69) is 4.90 Å². The van der Waals surface area contributed by atoms with E-state index >= 15 is 0 Å². The first kappa shape index (κ1) is 10.9. The number of nitrogens with two attached hydrogens (primary N) is 1. The van der Waals surface area contributed by atoms with Gasteiger partial charge in [0.2, 0.25) is 0 Å². The molecule has 1 heterocycles. The van der Waals surface area contributed by atoms with E-state index in [-0.39, 0.29) is 6.10 Å². The first-order chi connectivity index (χ1) is 6.36. The SMILES string of the molecule is NCC1CN(CCCCO)CCO1. The Labute approximate surface area is 79.7 Å². The molecule has 4 nitrogen and oxygen atoms in total. The maximum Gasteiger partial charge on any atom is 0.0824 e. The molecule has 1 unspecified atom stereocenters. The second-order valence-electron chi connectivity index (χ2n) is 3.46. The van der Waals surface area contributed by atoms with Gasteiger partial charge in [-0.3, -0.25) is 4.90 Å². The lowest BCUT2D eigenvalue weighted by Crippen LogP contribution is -2.45. The van der Waals surface area contributed by atoms with Crippen LogP contribution in [0.3, 0.4) is 0 Å². The van der Waals surface area contributed by atoms with Crippen molar-refractivity contribution in [2.75, 3.05) is 39.4 Å². The molecule has 78 valence electrons. The zero-order valence-corrected chi connectivity index (χ0v) is 8.11. The highest BCUT2D eigenvalue weighted by Gasteiger charge is 2.17. The topological polar surface area (TPSA) is 58.7 Å². The van der Waals surface area contributed by atoms with Crippen molar-refractivity contribution in [2.24, 2.45) is 5.73 Å². The van der Waals surface area contributed by atoms with Crippen molar-refractivity contribution < 1.29 is 9.84 Å². The summed E-state index contributed by atoms with van der Waals surface area (Å²) >= 11 is 0. The third kappa shape index (κ3) is 4.04. The van der Waals surface area contributed by atoms with E-state index in [1.54, 1.807) is 0 Å². The van der Waals surface area contributed by atoms with Crippen molar-refractivity contribution in [2.45, 2.75) is 18.9 Å². The largest absolute Gasteiger partial charge is 0.396 e. The molecule has 1 atom stereocenters. The molecule has 13 heavy (non-hydrogen) atoms. The highest BCUT2D eigenvalue weighted by molar-refractivity contribution is 4.71. The van der Waals surface area contributed by atoms with Crippen molar-refractivity contribution in [3.05, 3.63) is 0 Å². The Kier molecular flexibility index (Phi) is 5.31. The van der Waals surface area contributed by atoms with E-state index in [9.17, 15) is 0 Å². The predicted octanol–water partition coefficient (Wildman–Crippen LogP) is -0.582. The predicted molar refractivity (Wildman–Crippen MR) is 51.6 cm³/mol. The number of ether oxygens (including phenoxy) is 1. The maximum atomic E-state index is 8.63. The van der Waals surface area contributed by atoms with E-state index in [0.29, 0.717) is 13.2 Å². The summed E-state index contributed by atoms with van der Waals surface area (Å²) in [6.45, 7) is 4.70. The minimum atomic E-state index is 0.211. The Hall–Kier alpha value is -0.160. The van der Waals surface area contributed by atoms with Gasteiger partial charge in [0, 0.05) is 26.2 Å². The Balaban J connectivity index is 2.11. The van der Waals surface area contributed by atoms with Crippen LogP contribution in [-0.2, 0) is 4.74 Å². The van der Waals surface area contributed by atoms with Gasteiger partial charge in [-0.15, -0.1) is 0 Å². The quantitative estimate of drug-likeness (QED) is 0.567. The molecule has 1 aliphatic heterocycles. The third-order valence-corrected chi connectivity index (χ3v) is 2.37. The summed E-state index contributed by atoms with van der Waals surface area (Å²) in [7, 11) is 0. The van der Waals surface area contributed by atoms with Gasteiger partial charge < -0.3 is 15.6 Å². The molecule has 0 aromatic rings. The minimum Gasteiger partial charge on any atom is -0.396 e. The van der Waals surface area contributed by atoms with Gasteiger partial charge in [-0.05, 0) is 19.4 Å². The fraction of sp³-hybridized carbons (Fsp3) is 1.00. The summed E-state index contributed by atoms with van der Waals surface area (Å²) in [6, 6.07) is 0. The van der Waals surface area contributed by atoms with Gasteiger partial charge in [0.05, 0.1) is 12.7 Å².